The van der Waals surface area contributed by atoms with E-state index < -0.39 is 0 Å². The first-order valence-electron chi connectivity index (χ1n) is 10.4. The molecule has 7 nitrogen and oxygen atoms in total. The van der Waals surface area contributed by atoms with Crippen LogP contribution in [-0.2, 0) is 0 Å². The van der Waals surface area contributed by atoms with Gasteiger partial charge in [0.2, 0.25) is 11.6 Å². The highest BCUT2D eigenvalue weighted by atomic mass is 19.1. The van der Waals surface area contributed by atoms with E-state index in [0.29, 0.717) is 33.3 Å². The molecular weight excluding hydrogens is 381 g/mol. The number of imidazole rings is 1. The highest BCUT2D eigenvalue weighted by Gasteiger charge is 2.44. The number of fused-ring (bicyclic) bond motifs is 2. The first kappa shape index (κ1) is 17.8. The standard InChI is InChI=1S/C22H23FN7/c1-13-5-18(26-29-9-14(2)25-21(13)29)16-6-17(23)20-19(7-16)27-30(28-20)10-15-3-4-22(8-15)11-24-12-22/h5-7,9-10,15,24H,3-4,8,11-12H2,1-2H3/q+1/b30-10+. The monoisotopic (exact) mass is 404 g/mol. The van der Waals surface area contributed by atoms with E-state index in [1.54, 1.807) is 9.31 Å². The van der Waals surface area contributed by atoms with Crippen LogP contribution in [0, 0.1) is 31.0 Å². The summed E-state index contributed by atoms with van der Waals surface area (Å²) in [4.78, 5) is 6.04. The Hall–Kier alpha value is -3.00. The molecule has 1 N–H and O–H groups in total. The molecule has 30 heavy (non-hydrogen) atoms. The lowest BCUT2D eigenvalue weighted by molar-refractivity contribution is -0.539. The van der Waals surface area contributed by atoms with Crippen molar-refractivity contribution in [2.45, 2.75) is 33.1 Å². The van der Waals surface area contributed by atoms with Crippen LogP contribution in [0.15, 0.2) is 34.6 Å². The summed E-state index contributed by atoms with van der Waals surface area (Å²) in [7, 11) is 0. The Kier molecular flexibility index (Phi) is 3.71. The summed E-state index contributed by atoms with van der Waals surface area (Å²) in [6.45, 7) is 6.13. The van der Waals surface area contributed by atoms with Crippen molar-refractivity contribution in [1.29, 1.82) is 0 Å². The second-order valence-electron chi connectivity index (χ2n) is 8.96. The minimum Gasteiger partial charge on any atom is -0.316 e. The van der Waals surface area contributed by atoms with Gasteiger partial charge in [0, 0.05) is 34.8 Å². The van der Waals surface area contributed by atoms with Gasteiger partial charge in [0.25, 0.3) is 0 Å². The first-order chi connectivity index (χ1) is 14.5. The van der Waals surface area contributed by atoms with Crippen LogP contribution in [0.5, 0.6) is 0 Å². The number of hydrogen-bond acceptors (Lipinski definition) is 5. The van der Waals surface area contributed by atoms with Crippen LogP contribution in [0.1, 0.15) is 30.5 Å². The molecule has 2 aromatic heterocycles. The third-order valence-corrected chi connectivity index (χ3v) is 6.57. The van der Waals surface area contributed by atoms with Crippen molar-refractivity contribution in [3.8, 4) is 11.3 Å². The predicted molar refractivity (Wildman–Crippen MR) is 109 cm³/mol. The van der Waals surface area contributed by atoms with Crippen LogP contribution in [-0.4, -0.2) is 38.7 Å². The number of rotatable bonds is 2. The molecule has 1 saturated carbocycles. The van der Waals surface area contributed by atoms with Crippen molar-refractivity contribution in [3.63, 3.8) is 0 Å². The topological polar surface area (TPSA) is 70.0 Å². The smallest absolute Gasteiger partial charge is 0.213 e. The summed E-state index contributed by atoms with van der Waals surface area (Å²) in [6, 6.07) is 5.28. The molecule has 1 aromatic carbocycles. The third kappa shape index (κ3) is 2.78. The lowest BCUT2D eigenvalue weighted by Crippen LogP contribution is -2.51. The summed E-state index contributed by atoms with van der Waals surface area (Å²) < 4.78 is 16.6. The van der Waals surface area contributed by atoms with Crippen molar-refractivity contribution in [2.75, 3.05) is 13.1 Å². The molecular formula is C22H23FN7+. The summed E-state index contributed by atoms with van der Waals surface area (Å²) in [5, 5.41) is 17.8. The molecule has 3 aromatic rings. The molecule has 3 aliphatic rings. The highest BCUT2D eigenvalue weighted by molar-refractivity contribution is 5.63. The van der Waals surface area contributed by atoms with Gasteiger partial charge < -0.3 is 5.32 Å². The first-order valence-corrected chi connectivity index (χ1v) is 10.4. The molecule has 1 aliphatic carbocycles. The highest BCUT2D eigenvalue weighted by Crippen LogP contribution is 2.43. The van der Waals surface area contributed by atoms with Gasteiger partial charge in [-0.2, -0.15) is 5.10 Å². The Morgan fingerprint density at radius 1 is 1.23 bits per heavy atom. The van der Waals surface area contributed by atoms with Crippen molar-refractivity contribution < 1.29 is 9.18 Å². The average molecular weight is 404 g/mol. The molecule has 1 saturated heterocycles. The molecule has 0 amide bonds. The number of benzene rings is 1. The van der Waals surface area contributed by atoms with Gasteiger partial charge in [0.1, 0.15) is 0 Å². The van der Waals surface area contributed by atoms with Gasteiger partial charge in [0.15, 0.2) is 16.8 Å². The number of nitrogens with zero attached hydrogens (tertiary/aromatic N) is 6. The van der Waals surface area contributed by atoms with Gasteiger partial charge in [0.05, 0.1) is 22.4 Å². The zero-order valence-corrected chi connectivity index (χ0v) is 17.1. The number of hydrogen-bond donors (Lipinski definition) is 1. The molecule has 2 aliphatic heterocycles. The van der Waals surface area contributed by atoms with E-state index in [-0.39, 0.29) is 5.82 Å². The molecule has 6 rings (SSSR count). The van der Waals surface area contributed by atoms with E-state index in [9.17, 15) is 4.39 Å². The molecule has 152 valence electrons. The zero-order chi connectivity index (χ0) is 20.5. The van der Waals surface area contributed by atoms with Gasteiger partial charge in [-0.1, -0.05) is 0 Å². The molecule has 1 unspecified atom stereocenters. The Labute approximate surface area is 172 Å². The van der Waals surface area contributed by atoms with Gasteiger partial charge >= 0.3 is 0 Å². The zero-order valence-electron chi connectivity index (χ0n) is 17.1. The minimum absolute atomic E-state index is 0.296. The molecule has 1 spiro atoms. The predicted octanol–water partition coefficient (Wildman–Crippen LogP) is 1.71. The van der Waals surface area contributed by atoms with Crippen LogP contribution >= 0.6 is 0 Å². The van der Waals surface area contributed by atoms with E-state index in [2.05, 4.69) is 31.8 Å². The Morgan fingerprint density at radius 3 is 2.87 bits per heavy atom. The van der Waals surface area contributed by atoms with Gasteiger partial charge in [-0.15, -0.1) is 0 Å². The van der Waals surface area contributed by atoms with Crippen LogP contribution < -0.4 is 16.0 Å². The molecule has 1 atom stereocenters. The van der Waals surface area contributed by atoms with Gasteiger partial charge in [-0.25, -0.2) is 13.9 Å². The summed E-state index contributed by atoms with van der Waals surface area (Å²) in [5.74, 6) is 0.0576. The third-order valence-electron chi connectivity index (χ3n) is 6.57. The minimum atomic E-state index is -0.380. The van der Waals surface area contributed by atoms with E-state index in [0.717, 1.165) is 42.8 Å². The van der Waals surface area contributed by atoms with E-state index >= 15 is 0 Å². The van der Waals surface area contributed by atoms with Crippen LogP contribution in [0.25, 0.3) is 16.9 Å². The Morgan fingerprint density at radius 2 is 2.10 bits per heavy atom. The number of aryl methyl sites for hydroxylation is 2. The number of nitrogens with one attached hydrogen (secondary N) is 1. The van der Waals surface area contributed by atoms with Crippen LogP contribution in [0.2, 0.25) is 0 Å². The molecule has 2 fully saturated rings. The molecule has 8 heteroatoms. The number of halogens is 1. The maximum absolute atomic E-state index is 14.9. The Bertz CT molecular complexity index is 1350. The average Bonchev–Trinajstić information content (AvgIpc) is 3.37. The molecule has 0 bridgehead atoms. The van der Waals surface area contributed by atoms with E-state index in [4.69, 9.17) is 0 Å². The van der Waals surface area contributed by atoms with Crippen molar-refractivity contribution >= 4 is 11.9 Å². The second-order valence-corrected chi connectivity index (χ2v) is 8.96. The van der Waals surface area contributed by atoms with E-state index in [1.807, 2.05) is 32.2 Å². The molecule has 4 heterocycles. The summed E-state index contributed by atoms with van der Waals surface area (Å²) >= 11 is 0. The van der Waals surface area contributed by atoms with Crippen molar-refractivity contribution in [2.24, 2.45) is 21.5 Å². The Balaban J connectivity index is 1.37. The quantitative estimate of drug-likeness (QED) is 0.661. The molecule has 0 radical (unpaired) electrons. The largest absolute Gasteiger partial charge is 0.316 e. The lowest BCUT2D eigenvalue weighted by Gasteiger charge is -2.39. The lowest BCUT2D eigenvalue weighted by atomic mass is 9.79. The van der Waals surface area contributed by atoms with Crippen LogP contribution in [0.3, 0.4) is 0 Å². The van der Waals surface area contributed by atoms with Crippen LogP contribution in [0.4, 0.5) is 4.39 Å². The summed E-state index contributed by atoms with van der Waals surface area (Å²) in [5.41, 5.74) is 4.53. The van der Waals surface area contributed by atoms with Gasteiger partial charge in [-0.3, -0.25) is 0 Å². The maximum Gasteiger partial charge on any atom is 0.213 e. The summed E-state index contributed by atoms with van der Waals surface area (Å²) in [6.07, 6.45) is 7.45. The normalized spacial score (nSPS) is 22.9. The fraction of sp³-hybridized carbons (Fsp3) is 0.409. The van der Waals surface area contributed by atoms with Crippen molar-refractivity contribution in [3.05, 3.63) is 52.2 Å². The van der Waals surface area contributed by atoms with Crippen molar-refractivity contribution in [1.82, 2.24) is 19.9 Å². The second kappa shape index (κ2) is 6.25. The maximum atomic E-state index is 14.9. The van der Waals surface area contributed by atoms with Gasteiger partial charge in [-0.05, 0) is 62.3 Å². The number of aromatic nitrogens is 3. The van der Waals surface area contributed by atoms with E-state index in [1.165, 1.54) is 12.5 Å². The fourth-order valence-electron chi connectivity index (χ4n) is 4.96. The SMILES string of the molecule is Cc1cn2nc(-c3cc(F)c4c(c3)=N/[N+](=C\C3CCC5(CNC5)C3)N=4)cc(C)c2n1. The fourth-order valence-corrected chi connectivity index (χ4v) is 4.96.